The van der Waals surface area contributed by atoms with Gasteiger partial charge in [0.2, 0.25) is 11.7 Å². The van der Waals surface area contributed by atoms with E-state index in [2.05, 4.69) is 10.1 Å². The van der Waals surface area contributed by atoms with Crippen LogP contribution >= 0.6 is 0 Å². The van der Waals surface area contributed by atoms with E-state index in [1.807, 2.05) is 20.8 Å². The fraction of sp³-hybridized carbons (Fsp3) is 0.733. The molecule has 0 rings (SSSR count). The third-order valence-electron chi connectivity index (χ3n) is 2.93. The Morgan fingerprint density at radius 2 is 1.87 bits per heavy atom. The molecule has 2 unspecified atom stereocenters. The summed E-state index contributed by atoms with van der Waals surface area (Å²) in [6.07, 6.45) is -0.591. The van der Waals surface area contributed by atoms with Crippen molar-refractivity contribution in [1.29, 1.82) is 0 Å². The van der Waals surface area contributed by atoms with Gasteiger partial charge in [-0.1, -0.05) is 20.8 Å². The van der Waals surface area contributed by atoms with Crippen molar-refractivity contribution in [2.45, 2.75) is 65.7 Å². The number of aliphatic carboxylic acids is 1. The highest BCUT2D eigenvalue weighted by atomic mass is 16.5. The third kappa shape index (κ3) is 8.23. The maximum atomic E-state index is 12.4. The van der Waals surface area contributed by atoms with E-state index in [1.54, 1.807) is 13.8 Å². The molecule has 0 saturated carbocycles. The minimum Gasteiger partial charge on any atom is -0.480 e. The zero-order chi connectivity index (χ0) is 18.2. The Labute approximate surface area is 135 Å². The van der Waals surface area contributed by atoms with Gasteiger partial charge >= 0.3 is 12.2 Å². The Balaban J connectivity index is 4.96. The van der Waals surface area contributed by atoms with Crippen molar-refractivity contribution in [3.05, 3.63) is 5.53 Å². The van der Waals surface area contributed by atoms with Crippen LogP contribution in [0.3, 0.4) is 0 Å². The summed E-state index contributed by atoms with van der Waals surface area (Å²) < 4.78 is 5.60. The van der Waals surface area contributed by atoms with Crippen molar-refractivity contribution >= 4 is 23.9 Å². The molecule has 2 N–H and O–H groups in total. The van der Waals surface area contributed by atoms with E-state index in [4.69, 9.17) is 10.3 Å². The summed E-state index contributed by atoms with van der Waals surface area (Å²) in [6.45, 7) is 9.02. The first-order valence-corrected chi connectivity index (χ1v) is 7.38. The molecule has 0 saturated heterocycles. The lowest BCUT2D eigenvalue weighted by Crippen LogP contribution is -2.51. The van der Waals surface area contributed by atoms with E-state index in [9.17, 15) is 19.5 Å². The van der Waals surface area contributed by atoms with Crippen molar-refractivity contribution in [3.63, 3.8) is 0 Å². The first kappa shape index (κ1) is 20.9. The maximum absolute atomic E-state index is 12.4. The summed E-state index contributed by atoms with van der Waals surface area (Å²) in [7, 11) is 0. The number of rotatable bonds is 9. The van der Waals surface area contributed by atoms with E-state index >= 15 is 0 Å². The number of carbonyl (C=O) groups is 3. The second kappa shape index (κ2) is 9.17. The largest absolute Gasteiger partial charge is 0.480 e. The van der Waals surface area contributed by atoms with Gasteiger partial charge in [0.05, 0.1) is 6.10 Å². The summed E-state index contributed by atoms with van der Waals surface area (Å²) in [6, 6.07) is -1.22. The topological polar surface area (TPSA) is 129 Å². The highest BCUT2D eigenvalue weighted by molar-refractivity contribution is 6.25. The quantitative estimate of drug-likeness (QED) is 0.371. The van der Waals surface area contributed by atoms with Gasteiger partial charge in [0, 0.05) is 6.42 Å². The minimum atomic E-state index is -1.25. The number of hydrogen-bond acceptors (Lipinski definition) is 4. The van der Waals surface area contributed by atoms with E-state index in [-0.39, 0.29) is 18.9 Å². The monoisotopic (exact) mass is 327 g/mol. The van der Waals surface area contributed by atoms with E-state index in [1.165, 1.54) is 0 Å². The van der Waals surface area contributed by atoms with Gasteiger partial charge in [-0.2, -0.15) is 4.79 Å². The average molecular weight is 327 g/mol. The van der Waals surface area contributed by atoms with Crippen LogP contribution in [0.5, 0.6) is 0 Å². The molecule has 0 fully saturated rings. The standard InChI is InChI=1S/C15H25N3O5/c1-9(2)23-12(15(3,4)5)13(20)18-11(14(21)22)7-6-10(19)8-17-16/h8-9,11-12H,6-7H2,1-5H3,(H,18,20)(H,21,22). The van der Waals surface area contributed by atoms with Gasteiger partial charge < -0.3 is 20.7 Å². The molecule has 0 heterocycles. The van der Waals surface area contributed by atoms with Gasteiger partial charge in [0.15, 0.2) is 0 Å². The lowest BCUT2D eigenvalue weighted by atomic mass is 9.88. The Kier molecular flexibility index (Phi) is 8.35. The number of Topliss-reactive ketones (excluding diaryl/α,β-unsaturated/α-hetero) is 1. The Morgan fingerprint density at radius 3 is 2.26 bits per heavy atom. The molecule has 0 aliphatic rings. The fourth-order valence-corrected chi connectivity index (χ4v) is 1.85. The zero-order valence-electron chi connectivity index (χ0n) is 14.2. The lowest BCUT2D eigenvalue weighted by Gasteiger charge is -2.32. The molecule has 0 spiro atoms. The van der Waals surface area contributed by atoms with Crippen LogP contribution in [0.1, 0.15) is 47.5 Å². The Morgan fingerprint density at radius 1 is 1.30 bits per heavy atom. The number of carboxylic acid groups (broad SMARTS) is 1. The predicted molar refractivity (Wildman–Crippen MR) is 83.0 cm³/mol. The summed E-state index contributed by atoms with van der Waals surface area (Å²) in [4.78, 5) is 37.4. The molecule has 0 aliphatic heterocycles. The van der Waals surface area contributed by atoms with Crippen LogP contribution in [0.25, 0.3) is 5.53 Å². The molecule has 0 aromatic rings. The average Bonchev–Trinajstić information content (AvgIpc) is 2.39. The number of amides is 1. The SMILES string of the molecule is CC(C)OC(C(=O)NC(CCC(=O)C=[N+]=[N-])C(=O)O)C(C)(C)C. The number of nitrogens with zero attached hydrogens (tertiary/aromatic N) is 2. The molecule has 130 valence electrons. The second-order valence-corrected chi connectivity index (χ2v) is 6.58. The number of nitrogens with one attached hydrogen (secondary N) is 1. The van der Waals surface area contributed by atoms with Crippen LogP contribution in [0.4, 0.5) is 0 Å². The van der Waals surface area contributed by atoms with Crippen molar-refractivity contribution < 1.29 is 29.0 Å². The van der Waals surface area contributed by atoms with Crippen LogP contribution in [0.2, 0.25) is 0 Å². The second-order valence-electron chi connectivity index (χ2n) is 6.58. The molecule has 0 bridgehead atoms. The van der Waals surface area contributed by atoms with Crippen LogP contribution in [0, 0.1) is 5.41 Å². The third-order valence-corrected chi connectivity index (χ3v) is 2.93. The highest BCUT2D eigenvalue weighted by Gasteiger charge is 2.35. The normalized spacial score (nSPS) is 13.8. The van der Waals surface area contributed by atoms with Crippen LogP contribution in [-0.4, -0.2) is 52.0 Å². The van der Waals surface area contributed by atoms with Gasteiger partial charge in [-0.15, -0.1) is 0 Å². The number of hydrogen-bond donors (Lipinski definition) is 2. The van der Waals surface area contributed by atoms with Gasteiger partial charge in [-0.05, 0) is 25.7 Å². The summed E-state index contributed by atoms with van der Waals surface area (Å²) in [5, 5.41) is 11.6. The molecule has 0 aliphatic carbocycles. The summed E-state index contributed by atoms with van der Waals surface area (Å²) >= 11 is 0. The van der Waals surface area contributed by atoms with Gasteiger partial charge in [-0.25, -0.2) is 4.79 Å². The number of ketones is 1. The van der Waals surface area contributed by atoms with Gasteiger partial charge in [0.25, 0.3) is 0 Å². The molecular weight excluding hydrogens is 302 g/mol. The van der Waals surface area contributed by atoms with Crippen LogP contribution in [-0.2, 0) is 19.1 Å². The number of ether oxygens (including phenoxy) is 1. The predicted octanol–water partition coefficient (Wildman–Crippen LogP) is 1.05. The minimum absolute atomic E-state index is 0.107. The Bertz CT molecular complexity index is 490. The molecule has 8 nitrogen and oxygen atoms in total. The fourth-order valence-electron chi connectivity index (χ4n) is 1.85. The molecule has 1 amide bonds. The van der Waals surface area contributed by atoms with Crippen LogP contribution in [0.15, 0.2) is 0 Å². The van der Waals surface area contributed by atoms with Gasteiger partial charge in [0.1, 0.15) is 12.1 Å². The summed E-state index contributed by atoms with van der Waals surface area (Å²) in [5.41, 5.74) is 7.73. The van der Waals surface area contributed by atoms with E-state index < -0.39 is 35.2 Å². The molecule has 2 atom stereocenters. The molecule has 0 aromatic carbocycles. The van der Waals surface area contributed by atoms with E-state index in [0.717, 1.165) is 0 Å². The van der Waals surface area contributed by atoms with E-state index in [0.29, 0.717) is 6.21 Å². The van der Waals surface area contributed by atoms with Crippen molar-refractivity contribution in [2.75, 3.05) is 0 Å². The lowest BCUT2D eigenvalue weighted by molar-refractivity contribution is -0.150. The molecule has 8 heteroatoms. The molecular formula is C15H25N3O5. The number of carbonyl (C=O) groups excluding carboxylic acids is 2. The Hall–Kier alpha value is -2.05. The van der Waals surface area contributed by atoms with Crippen molar-refractivity contribution in [1.82, 2.24) is 5.32 Å². The zero-order valence-corrected chi connectivity index (χ0v) is 14.2. The highest BCUT2D eigenvalue weighted by Crippen LogP contribution is 2.24. The smallest absolute Gasteiger partial charge is 0.326 e. The first-order chi connectivity index (χ1) is 10.5. The summed E-state index contributed by atoms with van der Waals surface area (Å²) in [5.74, 6) is -2.31. The molecule has 23 heavy (non-hydrogen) atoms. The van der Waals surface area contributed by atoms with Crippen LogP contribution < -0.4 is 5.32 Å². The van der Waals surface area contributed by atoms with Gasteiger partial charge in [-0.3, -0.25) is 9.59 Å². The van der Waals surface area contributed by atoms with Crippen molar-refractivity contribution in [2.24, 2.45) is 5.41 Å². The molecule has 0 aromatic heterocycles. The first-order valence-electron chi connectivity index (χ1n) is 7.38. The van der Waals surface area contributed by atoms with Crippen molar-refractivity contribution in [3.8, 4) is 0 Å². The molecule has 0 radical (unpaired) electrons. The number of carboxylic acids is 1. The maximum Gasteiger partial charge on any atom is 0.326 e.